The lowest BCUT2D eigenvalue weighted by atomic mass is 10.1. The van der Waals surface area contributed by atoms with E-state index < -0.39 is 6.10 Å². The second-order valence-corrected chi connectivity index (χ2v) is 6.41. The van der Waals surface area contributed by atoms with Gasteiger partial charge in [-0.2, -0.15) is 0 Å². The molecule has 21 heavy (non-hydrogen) atoms. The molecule has 1 saturated heterocycles. The first-order valence-corrected chi connectivity index (χ1v) is 7.98. The number of nitrogens with zero attached hydrogens (tertiary/aromatic N) is 1. The van der Waals surface area contributed by atoms with E-state index in [1.54, 1.807) is 7.11 Å². The van der Waals surface area contributed by atoms with Gasteiger partial charge in [-0.05, 0) is 43.9 Å². The molecule has 1 aromatic carbocycles. The Balaban J connectivity index is 1.48. The topological polar surface area (TPSA) is 44.7 Å². The normalized spacial score (nSPS) is 27.8. The van der Waals surface area contributed by atoms with E-state index in [1.807, 2.05) is 24.3 Å². The third-order valence-electron chi connectivity index (χ3n) is 4.74. The number of benzene rings is 1. The molecular weight excluding hydrogens is 264 g/mol. The molecule has 3 atom stereocenters. The van der Waals surface area contributed by atoms with Gasteiger partial charge in [-0.3, -0.25) is 4.90 Å². The van der Waals surface area contributed by atoms with Gasteiger partial charge in [0, 0.05) is 31.2 Å². The molecule has 1 aliphatic carbocycles. The fourth-order valence-electron chi connectivity index (χ4n) is 3.34. The van der Waals surface area contributed by atoms with Crippen molar-refractivity contribution < 1.29 is 9.84 Å². The van der Waals surface area contributed by atoms with Crippen molar-refractivity contribution in [3.63, 3.8) is 0 Å². The van der Waals surface area contributed by atoms with E-state index in [4.69, 9.17) is 4.74 Å². The van der Waals surface area contributed by atoms with Gasteiger partial charge in [0.15, 0.2) is 0 Å². The number of aliphatic hydroxyl groups is 1. The van der Waals surface area contributed by atoms with Crippen molar-refractivity contribution in [3.05, 3.63) is 29.8 Å². The Hall–Kier alpha value is -1.10. The molecule has 0 bridgehead atoms. The van der Waals surface area contributed by atoms with Crippen LogP contribution in [-0.4, -0.2) is 48.3 Å². The summed E-state index contributed by atoms with van der Waals surface area (Å²) in [5, 5.41) is 13.8. The van der Waals surface area contributed by atoms with Crippen molar-refractivity contribution in [1.82, 2.24) is 10.2 Å². The smallest absolute Gasteiger partial charge is 0.118 e. The lowest BCUT2D eigenvalue weighted by Gasteiger charge is -2.20. The molecule has 1 heterocycles. The molecule has 0 spiro atoms. The molecular formula is C17H26N2O2. The maximum atomic E-state index is 10.3. The first-order chi connectivity index (χ1) is 10.2. The largest absolute Gasteiger partial charge is 0.497 e. The summed E-state index contributed by atoms with van der Waals surface area (Å²) >= 11 is 0. The van der Waals surface area contributed by atoms with E-state index in [9.17, 15) is 5.11 Å². The Morgan fingerprint density at radius 1 is 1.33 bits per heavy atom. The van der Waals surface area contributed by atoms with Gasteiger partial charge in [0.05, 0.1) is 13.2 Å². The third-order valence-corrected chi connectivity index (χ3v) is 4.74. The second-order valence-electron chi connectivity index (χ2n) is 6.41. The van der Waals surface area contributed by atoms with Crippen molar-refractivity contribution in [2.45, 2.75) is 50.4 Å². The molecule has 0 aromatic heterocycles. The summed E-state index contributed by atoms with van der Waals surface area (Å²) in [6.07, 6.45) is 3.46. The van der Waals surface area contributed by atoms with Gasteiger partial charge in [0.25, 0.3) is 0 Å². The van der Waals surface area contributed by atoms with Crippen LogP contribution in [0.5, 0.6) is 5.75 Å². The van der Waals surface area contributed by atoms with Crippen LogP contribution in [0.15, 0.2) is 24.3 Å². The average Bonchev–Trinajstić information content (AvgIpc) is 3.28. The van der Waals surface area contributed by atoms with Crippen LogP contribution in [-0.2, 0) is 0 Å². The van der Waals surface area contributed by atoms with Crippen molar-refractivity contribution in [3.8, 4) is 5.75 Å². The van der Waals surface area contributed by atoms with Crippen molar-refractivity contribution in [1.29, 1.82) is 0 Å². The van der Waals surface area contributed by atoms with Crippen LogP contribution in [0.4, 0.5) is 0 Å². The molecule has 1 saturated carbocycles. The van der Waals surface area contributed by atoms with Crippen LogP contribution < -0.4 is 10.1 Å². The third kappa shape index (κ3) is 3.57. The van der Waals surface area contributed by atoms with E-state index in [0.717, 1.165) is 23.9 Å². The second kappa shape index (κ2) is 6.34. The maximum absolute atomic E-state index is 10.3. The minimum absolute atomic E-state index is 0.457. The highest BCUT2D eigenvalue weighted by Gasteiger charge is 2.38. The number of methoxy groups -OCH3 is 1. The minimum Gasteiger partial charge on any atom is -0.497 e. The van der Waals surface area contributed by atoms with Crippen LogP contribution in [0.2, 0.25) is 0 Å². The van der Waals surface area contributed by atoms with Crippen LogP contribution in [0, 0.1) is 0 Å². The van der Waals surface area contributed by atoms with Crippen LogP contribution in [0.3, 0.4) is 0 Å². The zero-order valence-corrected chi connectivity index (χ0v) is 13.0. The predicted octanol–water partition coefficient (Wildman–Crippen LogP) is 1.94. The van der Waals surface area contributed by atoms with E-state index in [1.165, 1.54) is 19.3 Å². The Kier molecular flexibility index (Phi) is 4.48. The molecule has 1 aliphatic heterocycles. The van der Waals surface area contributed by atoms with Gasteiger partial charge in [-0.15, -0.1) is 0 Å². The zero-order valence-electron chi connectivity index (χ0n) is 13.0. The predicted molar refractivity (Wildman–Crippen MR) is 83.6 cm³/mol. The summed E-state index contributed by atoms with van der Waals surface area (Å²) in [6.45, 7) is 4.06. The lowest BCUT2D eigenvalue weighted by molar-refractivity contribution is 0.169. The highest BCUT2D eigenvalue weighted by molar-refractivity contribution is 5.28. The fraction of sp³-hybridized carbons (Fsp3) is 0.647. The number of likely N-dealkylation sites (tertiary alicyclic amines) is 1. The van der Waals surface area contributed by atoms with Crippen LogP contribution in [0.1, 0.15) is 37.9 Å². The number of rotatable bonds is 6. The zero-order chi connectivity index (χ0) is 14.8. The lowest BCUT2D eigenvalue weighted by Crippen LogP contribution is -2.36. The molecule has 4 nitrogen and oxygen atoms in total. The monoisotopic (exact) mass is 290 g/mol. The summed E-state index contributed by atoms with van der Waals surface area (Å²) in [6, 6.07) is 9.66. The highest BCUT2D eigenvalue weighted by Crippen LogP contribution is 2.33. The van der Waals surface area contributed by atoms with Gasteiger partial charge in [0.2, 0.25) is 0 Å². The molecule has 2 aliphatic rings. The molecule has 116 valence electrons. The Morgan fingerprint density at radius 2 is 2.05 bits per heavy atom. The van der Waals surface area contributed by atoms with E-state index >= 15 is 0 Å². The first-order valence-electron chi connectivity index (χ1n) is 7.98. The summed E-state index contributed by atoms with van der Waals surface area (Å²) in [5.74, 6) is 0.823. The molecule has 3 rings (SSSR count). The van der Waals surface area contributed by atoms with Crippen molar-refractivity contribution in [2.24, 2.45) is 0 Å². The van der Waals surface area contributed by atoms with E-state index in [2.05, 4.69) is 17.1 Å². The van der Waals surface area contributed by atoms with E-state index in [0.29, 0.717) is 18.6 Å². The molecule has 2 N–H and O–H groups in total. The Bertz CT molecular complexity index is 458. The van der Waals surface area contributed by atoms with Crippen molar-refractivity contribution in [2.75, 3.05) is 20.2 Å². The summed E-state index contributed by atoms with van der Waals surface area (Å²) in [7, 11) is 1.65. The number of nitrogens with one attached hydrogen (secondary N) is 1. The maximum Gasteiger partial charge on any atom is 0.118 e. The summed E-state index contributed by atoms with van der Waals surface area (Å²) in [5.41, 5.74) is 0.938. The molecule has 0 amide bonds. The quantitative estimate of drug-likeness (QED) is 0.840. The fourth-order valence-corrected chi connectivity index (χ4v) is 3.34. The van der Waals surface area contributed by atoms with Gasteiger partial charge in [-0.1, -0.05) is 12.1 Å². The molecule has 1 aromatic rings. The van der Waals surface area contributed by atoms with Gasteiger partial charge >= 0.3 is 0 Å². The SMILES string of the molecule is COc1ccc(C(O)CNC2CC(C)N(C3CC3)C2)cc1. The summed E-state index contributed by atoms with van der Waals surface area (Å²) in [4.78, 5) is 2.62. The van der Waals surface area contributed by atoms with Gasteiger partial charge in [0.1, 0.15) is 5.75 Å². The molecule has 0 radical (unpaired) electrons. The van der Waals surface area contributed by atoms with Gasteiger partial charge < -0.3 is 15.2 Å². The first kappa shape index (κ1) is 14.8. The number of aliphatic hydroxyl groups excluding tert-OH is 1. The Morgan fingerprint density at radius 3 is 2.67 bits per heavy atom. The van der Waals surface area contributed by atoms with Gasteiger partial charge in [-0.25, -0.2) is 0 Å². The average molecular weight is 290 g/mol. The molecule has 3 unspecified atom stereocenters. The summed E-state index contributed by atoms with van der Waals surface area (Å²) < 4.78 is 5.14. The van der Waals surface area contributed by atoms with Crippen LogP contribution >= 0.6 is 0 Å². The van der Waals surface area contributed by atoms with Crippen molar-refractivity contribution >= 4 is 0 Å². The van der Waals surface area contributed by atoms with Crippen LogP contribution in [0.25, 0.3) is 0 Å². The Labute approximate surface area is 127 Å². The standard InChI is InChI=1S/C17H26N2O2/c1-12-9-14(11-19(12)15-5-6-15)18-10-17(20)13-3-7-16(21-2)8-4-13/h3-4,7-8,12,14-15,17-18,20H,5-6,9-11H2,1-2H3. The minimum atomic E-state index is -0.457. The number of hydrogen-bond acceptors (Lipinski definition) is 4. The number of ether oxygens (including phenoxy) is 1. The van der Waals surface area contributed by atoms with E-state index in [-0.39, 0.29) is 0 Å². The molecule has 4 heteroatoms. The molecule has 2 fully saturated rings. The highest BCUT2D eigenvalue weighted by atomic mass is 16.5. The number of hydrogen-bond donors (Lipinski definition) is 2.